The van der Waals surface area contributed by atoms with Crippen LogP contribution in [-0.4, -0.2) is 37.3 Å². The predicted octanol–water partition coefficient (Wildman–Crippen LogP) is 5.33. The maximum absolute atomic E-state index is 13.5. The molecule has 7 nitrogen and oxygen atoms in total. The number of ether oxygens (including phenoxy) is 1. The molecule has 0 spiro atoms. The first-order valence-corrected chi connectivity index (χ1v) is 12.5. The molecule has 1 atom stereocenters. The SMILES string of the molecule is COc1ccc(-n2c(=O)c3ccccc3n3c(SC(C)C(=O)c4cc(C)c(C)cc4C)nnc23)cc1. The summed E-state index contributed by atoms with van der Waals surface area (Å²) in [6, 6.07) is 18.6. The number of Topliss-reactive ketones (excluding diaryl/α,β-unsaturated/α-hetero) is 1. The quantitative estimate of drug-likeness (QED) is 0.233. The van der Waals surface area contributed by atoms with E-state index >= 15 is 0 Å². The number of benzene rings is 3. The van der Waals surface area contributed by atoms with E-state index in [1.807, 2.05) is 74.6 Å². The lowest BCUT2D eigenvalue weighted by atomic mass is 9.97. The van der Waals surface area contributed by atoms with Gasteiger partial charge in [-0.15, -0.1) is 10.2 Å². The van der Waals surface area contributed by atoms with E-state index < -0.39 is 5.25 Å². The first-order valence-electron chi connectivity index (χ1n) is 11.6. The van der Waals surface area contributed by atoms with Gasteiger partial charge in [-0.3, -0.25) is 14.0 Å². The summed E-state index contributed by atoms with van der Waals surface area (Å²) in [5.74, 6) is 1.11. The number of para-hydroxylation sites is 1. The molecule has 2 aromatic heterocycles. The number of thioether (sulfide) groups is 1. The highest BCUT2D eigenvalue weighted by Crippen LogP contribution is 2.29. The second-order valence-electron chi connectivity index (χ2n) is 8.85. The molecule has 3 aromatic carbocycles. The fourth-order valence-electron chi connectivity index (χ4n) is 4.38. The van der Waals surface area contributed by atoms with Crippen LogP contribution in [0.25, 0.3) is 22.4 Å². The molecule has 0 fully saturated rings. The Kier molecular flexibility index (Phi) is 6.14. The molecule has 182 valence electrons. The molecule has 0 bridgehead atoms. The lowest BCUT2D eigenvalue weighted by Gasteiger charge is -2.14. The van der Waals surface area contributed by atoms with Crippen LogP contribution in [0.2, 0.25) is 0 Å². The number of rotatable bonds is 6. The topological polar surface area (TPSA) is 78.5 Å². The van der Waals surface area contributed by atoms with E-state index in [1.165, 1.54) is 11.8 Å². The van der Waals surface area contributed by atoms with Crippen molar-refractivity contribution in [2.75, 3.05) is 7.11 Å². The molecule has 36 heavy (non-hydrogen) atoms. The normalized spacial score (nSPS) is 12.2. The van der Waals surface area contributed by atoms with Crippen molar-refractivity contribution >= 4 is 34.2 Å². The minimum absolute atomic E-state index is 0.0325. The molecule has 0 radical (unpaired) electrons. The zero-order valence-corrected chi connectivity index (χ0v) is 21.6. The number of hydrogen-bond acceptors (Lipinski definition) is 6. The molecule has 0 saturated heterocycles. The molecular formula is C28H26N4O3S. The molecule has 0 N–H and O–H groups in total. The van der Waals surface area contributed by atoms with Gasteiger partial charge in [0.25, 0.3) is 5.56 Å². The molecule has 2 heterocycles. The lowest BCUT2D eigenvalue weighted by Crippen LogP contribution is -2.22. The Balaban J connectivity index is 1.64. The fraction of sp³-hybridized carbons (Fsp3) is 0.214. The van der Waals surface area contributed by atoms with Crippen molar-refractivity contribution in [2.45, 2.75) is 38.1 Å². The van der Waals surface area contributed by atoms with Gasteiger partial charge in [0.05, 0.1) is 29.0 Å². The zero-order chi connectivity index (χ0) is 25.6. The van der Waals surface area contributed by atoms with Gasteiger partial charge in [0.2, 0.25) is 5.78 Å². The molecule has 0 amide bonds. The smallest absolute Gasteiger partial charge is 0.267 e. The number of methoxy groups -OCH3 is 1. The van der Waals surface area contributed by atoms with Gasteiger partial charge in [-0.25, -0.2) is 4.57 Å². The number of aromatic nitrogens is 4. The van der Waals surface area contributed by atoms with Crippen LogP contribution in [0.15, 0.2) is 70.6 Å². The van der Waals surface area contributed by atoms with E-state index in [0.29, 0.717) is 38.8 Å². The van der Waals surface area contributed by atoms with E-state index in [-0.39, 0.29) is 11.3 Å². The minimum Gasteiger partial charge on any atom is -0.497 e. The Hall–Kier alpha value is -3.91. The standard InChI is InChI=1S/C28H26N4O3S/c1-16-14-18(3)23(15-17(16)2)25(33)19(4)36-28-30-29-27-31(20-10-12-21(35-5)13-11-20)26(34)22-8-6-7-9-24(22)32(27)28/h6-15,19H,1-5H3. The first kappa shape index (κ1) is 23.8. The first-order chi connectivity index (χ1) is 17.3. The van der Waals surface area contributed by atoms with Crippen molar-refractivity contribution in [1.29, 1.82) is 0 Å². The summed E-state index contributed by atoms with van der Waals surface area (Å²) in [7, 11) is 1.60. The number of fused-ring (bicyclic) bond motifs is 3. The maximum Gasteiger partial charge on any atom is 0.267 e. The predicted molar refractivity (Wildman–Crippen MR) is 143 cm³/mol. The van der Waals surface area contributed by atoms with E-state index in [0.717, 1.165) is 16.7 Å². The van der Waals surface area contributed by atoms with Gasteiger partial charge in [-0.05, 0) is 86.8 Å². The Morgan fingerprint density at radius 2 is 1.64 bits per heavy atom. The van der Waals surface area contributed by atoms with E-state index in [2.05, 4.69) is 10.2 Å². The third kappa shape index (κ3) is 3.97. The highest BCUT2D eigenvalue weighted by Gasteiger charge is 2.24. The number of carbonyl (C=O) groups excluding carboxylic acids is 1. The average Bonchev–Trinajstić information content (AvgIpc) is 3.29. The molecule has 0 saturated carbocycles. The number of nitrogens with zero attached hydrogens (tertiary/aromatic N) is 4. The van der Waals surface area contributed by atoms with Crippen LogP contribution in [0, 0.1) is 20.8 Å². The van der Waals surface area contributed by atoms with E-state index in [4.69, 9.17) is 4.74 Å². The molecular weight excluding hydrogens is 472 g/mol. The number of ketones is 1. The van der Waals surface area contributed by atoms with Crippen molar-refractivity contribution in [3.63, 3.8) is 0 Å². The van der Waals surface area contributed by atoms with Gasteiger partial charge in [-0.2, -0.15) is 0 Å². The number of aryl methyl sites for hydroxylation is 3. The van der Waals surface area contributed by atoms with Crippen molar-refractivity contribution in [1.82, 2.24) is 19.2 Å². The lowest BCUT2D eigenvalue weighted by molar-refractivity contribution is 0.0993. The van der Waals surface area contributed by atoms with Gasteiger partial charge in [0.1, 0.15) is 5.75 Å². The van der Waals surface area contributed by atoms with Crippen molar-refractivity contribution in [2.24, 2.45) is 0 Å². The van der Waals surface area contributed by atoms with Gasteiger partial charge >= 0.3 is 0 Å². The van der Waals surface area contributed by atoms with E-state index in [1.54, 1.807) is 29.9 Å². The molecule has 0 aliphatic rings. The van der Waals surface area contributed by atoms with Crippen LogP contribution in [0.4, 0.5) is 0 Å². The summed E-state index contributed by atoms with van der Waals surface area (Å²) in [4.78, 5) is 26.9. The Morgan fingerprint density at radius 3 is 2.36 bits per heavy atom. The maximum atomic E-state index is 13.5. The second kappa shape index (κ2) is 9.28. The summed E-state index contributed by atoms with van der Waals surface area (Å²) in [5.41, 5.74) is 5.07. The summed E-state index contributed by atoms with van der Waals surface area (Å²) in [5, 5.41) is 9.48. The summed E-state index contributed by atoms with van der Waals surface area (Å²) >= 11 is 1.34. The van der Waals surface area contributed by atoms with Crippen LogP contribution < -0.4 is 10.3 Å². The Labute approximate surface area is 212 Å². The summed E-state index contributed by atoms with van der Waals surface area (Å²) < 4.78 is 8.66. The highest BCUT2D eigenvalue weighted by atomic mass is 32.2. The largest absolute Gasteiger partial charge is 0.497 e. The molecule has 8 heteroatoms. The Bertz CT molecular complexity index is 1690. The second-order valence-corrected chi connectivity index (χ2v) is 10.2. The van der Waals surface area contributed by atoms with Gasteiger partial charge < -0.3 is 4.74 Å². The molecule has 0 aliphatic heterocycles. The van der Waals surface area contributed by atoms with Crippen LogP contribution in [-0.2, 0) is 0 Å². The minimum atomic E-state index is -0.404. The van der Waals surface area contributed by atoms with Crippen LogP contribution in [0.1, 0.15) is 34.0 Å². The van der Waals surface area contributed by atoms with Crippen LogP contribution in [0.3, 0.4) is 0 Å². The van der Waals surface area contributed by atoms with Crippen molar-refractivity contribution in [3.05, 3.63) is 93.3 Å². The van der Waals surface area contributed by atoms with Crippen LogP contribution in [0.5, 0.6) is 5.75 Å². The van der Waals surface area contributed by atoms with Gasteiger partial charge in [-0.1, -0.05) is 30.0 Å². The highest BCUT2D eigenvalue weighted by molar-refractivity contribution is 8.00. The molecule has 1 unspecified atom stereocenters. The van der Waals surface area contributed by atoms with Crippen molar-refractivity contribution in [3.8, 4) is 11.4 Å². The zero-order valence-electron chi connectivity index (χ0n) is 20.8. The molecule has 5 rings (SSSR count). The Morgan fingerprint density at radius 1 is 0.944 bits per heavy atom. The number of carbonyl (C=O) groups is 1. The van der Waals surface area contributed by atoms with E-state index in [9.17, 15) is 9.59 Å². The third-order valence-electron chi connectivity index (χ3n) is 6.48. The fourth-order valence-corrected chi connectivity index (χ4v) is 5.30. The summed E-state index contributed by atoms with van der Waals surface area (Å²) in [6.45, 7) is 7.90. The average molecular weight is 499 g/mol. The van der Waals surface area contributed by atoms with Gasteiger partial charge in [0.15, 0.2) is 10.9 Å². The van der Waals surface area contributed by atoms with Crippen LogP contribution >= 0.6 is 11.8 Å². The van der Waals surface area contributed by atoms with Gasteiger partial charge in [0, 0.05) is 5.56 Å². The third-order valence-corrected chi connectivity index (χ3v) is 7.53. The summed E-state index contributed by atoms with van der Waals surface area (Å²) in [6.07, 6.45) is 0. The van der Waals surface area contributed by atoms with Crippen molar-refractivity contribution < 1.29 is 9.53 Å². The molecule has 0 aliphatic carbocycles. The molecule has 5 aromatic rings. The number of hydrogen-bond donors (Lipinski definition) is 0. The monoisotopic (exact) mass is 498 g/mol.